The summed E-state index contributed by atoms with van der Waals surface area (Å²) in [7, 11) is -4.65. The standard InChI is InChI=1S/C12H17FO3S/c1-4-7-16-12-6-5-10(17(13,14)15)8-11(12)9(2)3/h5-6,8-9H,4,7H2,1-3H3. The highest BCUT2D eigenvalue weighted by atomic mass is 32.3. The molecule has 0 aliphatic carbocycles. The molecule has 0 saturated heterocycles. The number of benzene rings is 1. The largest absolute Gasteiger partial charge is 0.493 e. The molecule has 0 saturated carbocycles. The van der Waals surface area contributed by atoms with Crippen molar-refractivity contribution in [1.29, 1.82) is 0 Å². The molecular weight excluding hydrogens is 243 g/mol. The Balaban J connectivity index is 3.18. The molecule has 0 aromatic heterocycles. The van der Waals surface area contributed by atoms with Gasteiger partial charge in [-0.3, -0.25) is 0 Å². The van der Waals surface area contributed by atoms with Gasteiger partial charge < -0.3 is 4.74 Å². The van der Waals surface area contributed by atoms with Gasteiger partial charge in [-0.05, 0) is 36.1 Å². The molecule has 96 valence electrons. The first kappa shape index (κ1) is 14.0. The maximum absolute atomic E-state index is 12.9. The molecule has 17 heavy (non-hydrogen) atoms. The molecule has 0 heterocycles. The van der Waals surface area contributed by atoms with Crippen LogP contribution in [0.2, 0.25) is 0 Å². The lowest BCUT2D eigenvalue weighted by molar-refractivity contribution is 0.312. The molecule has 0 N–H and O–H groups in total. The fourth-order valence-corrected chi connectivity index (χ4v) is 1.97. The average Bonchev–Trinajstić information content (AvgIpc) is 2.24. The van der Waals surface area contributed by atoms with E-state index in [9.17, 15) is 12.3 Å². The Morgan fingerprint density at radius 1 is 1.35 bits per heavy atom. The fraction of sp³-hybridized carbons (Fsp3) is 0.500. The smallest absolute Gasteiger partial charge is 0.332 e. The molecule has 3 nitrogen and oxygen atoms in total. The normalized spacial score (nSPS) is 11.8. The highest BCUT2D eigenvalue weighted by molar-refractivity contribution is 7.86. The molecule has 0 aliphatic heterocycles. The molecule has 0 amide bonds. The zero-order valence-corrected chi connectivity index (χ0v) is 11.1. The van der Waals surface area contributed by atoms with Crippen LogP contribution in [-0.2, 0) is 10.2 Å². The van der Waals surface area contributed by atoms with E-state index in [0.29, 0.717) is 17.9 Å². The monoisotopic (exact) mass is 260 g/mol. The summed E-state index contributed by atoms with van der Waals surface area (Å²) in [5.41, 5.74) is 0.706. The first-order valence-corrected chi connectivity index (χ1v) is 6.96. The van der Waals surface area contributed by atoms with Gasteiger partial charge in [-0.2, -0.15) is 8.42 Å². The summed E-state index contributed by atoms with van der Waals surface area (Å²) >= 11 is 0. The first-order chi connectivity index (χ1) is 7.86. The van der Waals surface area contributed by atoms with E-state index in [1.165, 1.54) is 18.2 Å². The predicted octanol–water partition coefficient (Wildman–Crippen LogP) is 3.26. The van der Waals surface area contributed by atoms with E-state index in [2.05, 4.69) is 0 Å². The second kappa shape index (κ2) is 5.49. The third-order valence-electron chi connectivity index (χ3n) is 2.35. The molecule has 0 bridgehead atoms. The van der Waals surface area contributed by atoms with Gasteiger partial charge in [-0.15, -0.1) is 3.89 Å². The fourth-order valence-electron chi connectivity index (χ4n) is 1.47. The second-order valence-corrected chi connectivity index (χ2v) is 5.49. The Kier molecular flexibility index (Phi) is 4.51. The van der Waals surface area contributed by atoms with Gasteiger partial charge in [-0.25, -0.2) is 0 Å². The van der Waals surface area contributed by atoms with Gasteiger partial charge in [-0.1, -0.05) is 20.8 Å². The number of ether oxygens (including phenoxy) is 1. The van der Waals surface area contributed by atoms with Crippen molar-refractivity contribution >= 4 is 10.2 Å². The van der Waals surface area contributed by atoms with Gasteiger partial charge in [0.25, 0.3) is 0 Å². The molecule has 0 atom stereocenters. The molecule has 0 spiro atoms. The number of halogens is 1. The van der Waals surface area contributed by atoms with Crippen molar-refractivity contribution in [3.05, 3.63) is 23.8 Å². The minimum absolute atomic E-state index is 0.0727. The summed E-state index contributed by atoms with van der Waals surface area (Å²) in [5.74, 6) is 0.692. The van der Waals surface area contributed by atoms with Crippen LogP contribution in [0.4, 0.5) is 3.89 Å². The van der Waals surface area contributed by atoms with Crippen molar-refractivity contribution in [2.45, 2.75) is 38.0 Å². The molecular formula is C12H17FO3S. The van der Waals surface area contributed by atoms with E-state index in [1.54, 1.807) is 0 Å². The van der Waals surface area contributed by atoms with Crippen molar-refractivity contribution < 1.29 is 17.0 Å². The lowest BCUT2D eigenvalue weighted by atomic mass is 10.0. The molecule has 0 radical (unpaired) electrons. The van der Waals surface area contributed by atoms with Gasteiger partial charge in [0, 0.05) is 0 Å². The van der Waals surface area contributed by atoms with Gasteiger partial charge >= 0.3 is 10.2 Å². The molecule has 0 fully saturated rings. The van der Waals surface area contributed by atoms with E-state index in [1.807, 2.05) is 20.8 Å². The molecule has 5 heteroatoms. The summed E-state index contributed by atoms with van der Waals surface area (Å²) in [4.78, 5) is -0.315. The van der Waals surface area contributed by atoms with Crippen molar-refractivity contribution in [2.24, 2.45) is 0 Å². The van der Waals surface area contributed by atoms with Crippen molar-refractivity contribution in [2.75, 3.05) is 6.61 Å². The average molecular weight is 260 g/mol. The van der Waals surface area contributed by atoms with Crippen LogP contribution in [0, 0.1) is 0 Å². The van der Waals surface area contributed by atoms with Crippen LogP contribution in [0.5, 0.6) is 5.75 Å². The Hall–Kier alpha value is -1.10. The highest BCUT2D eigenvalue weighted by Crippen LogP contribution is 2.29. The first-order valence-electron chi connectivity index (χ1n) is 5.57. The van der Waals surface area contributed by atoms with E-state index >= 15 is 0 Å². The third kappa shape index (κ3) is 3.70. The summed E-state index contributed by atoms with van der Waals surface area (Å²) in [6, 6.07) is 4.08. The molecule has 1 aromatic rings. The molecule has 1 rings (SSSR count). The summed E-state index contributed by atoms with van der Waals surface area (Å²) in [5, 5.41) is 0. The van der Waals surface area contributed by atoms with E-state index < -0.39 is 10.2 Å². The van der Waals surface area contributed by atoms with Gasteiger partial charge in [0.2, 0.25) is 0 Å². The van der Waals surface area contributed by atoms with Crippen molar-refractivity contribution in [1.82, 2.24) is 0 Å². The van der Waals surface area contributed by atoms with Crippen molar-refractivity contribution in [3.8, 4) is 5.75 Å². The lowest BCUT2D eigenvalue weighted by Crippen LogP contribution is -2.02. The van der Waals surface area contributed by atoms with Gasteiger partial charge in [0.1, 0.15) is 5.75 Å². The number of hydrogen-bond donors (Lipinski definition) is 0. The van der Waals surface area contributed by atoms with E-state index in [0.717, 1.165) is 6.42 Å². The van der Waals surface area contributed by atoms with Crippen LogP contribution < -0.4 is 4.74 Å². The Labute approximate surface area is 102 Å². The van der Waals surface area contributed by atoms with E-state index in [4.69, 9.17) is 4.74 Å². The van der Waals surface area contributed by atoms with Gasteiger partial charge in [0.15, 0.2) is 0 Å². The maximum Gasteiger partial charge on any atom is 0.332 e. The second-order valence-electron chi connectivity index (χ2n) is 4.14. The summed E-state index contributed by atoms with van der Waals surface area (Å²) < 4.78 is 40.0. The third-order valence-corrected chi connectivity index (χ3v) is 3.16. The lowest BCUT2D eigenvalue weighted by Gasteiger charge is -2.14. The SMILES string of the molecule is CCCOc1ccc(S(=O)(=O)F)cc1C(C)C. The zero-order valence-electron chi connectivity index (χ0n) is 10.2. The Morgan fingerprint density at radius 2 is 2.00 bits per heavy atom. The van der Waals surface area contributed by atoms with E-state index in [-0.39, 0.29) is 10.8 Å². The minimum Gasteiger partial charge on any atom is -0.493 e. The highest BCUT2D eigenvalue weighted by Gasteiger charge is 2.16. The van der Waals surface area contributed by atoms with Crippen LogP contribution in [0.25, 0.3) is 0 Å². The zero-order chi connectivity index (χ0) is 13.1. The summed E-state index contributed by atoms with van der Waals surface area (Å²) in [6.45, 7) is 6.35. The van der Waals surface area contributed by atoms with Crippen LogP contribution in [-0.4, -0.2) is 15.0 Å². The minimum atomic E-state index is -4.65. The molecule has 0 unspecified atom stereocenters. The predicted molar refractivity (Wildman–Crippen MR) is 64.6 cm³/mol. The van der Waals surface area contributed by atoms with Crippen LogP contribution >= 0.6 is 0 Å². The number of rotatable bonds is 5. The molecule has 0 aliphatic rings. The summed E-state index contributed by atoms with van der Waals surface area (Å²) in [6.07, 6.45) is 0.862. The molecule has 1 aromatic carbocycles. The van der Waals surface area contributed by atoms with Crippen molar-refractivity contribution in [3.63, 3.8) is 0 Å². The Bertz CT molecular complexity index is 481. The number of hydrogen-bond acceptors (Lipinski definition) is 3. The van der Waals surface area contributed by atoms with Gasteiger partial charge in [0.05, 0.1) is 11.5 Å². The van der Waals surface area contributed by atoms with Crippen LogP contribution in [0.1, 0.15) is 38.7 Å². The maximum atomic E-state index is 12.9. The quantitative estimate of drug-likeness (QED) is 0.763. The van der Waals surface area contributed by atoms with Crippen LogP contribution in [0.3, 0.4) is 0 Å². The van der Waals surface area contributed by atoms with Crippen LogP contribution in [0.15, 0.2) is 23.1 Å². The topological polar surface area (TPSA) is 43.4 Å². The Morgan fingerprint density at radius 3 is 2.47 bits per heavy atom.